The highest BCUT2D eigenvalue weighted by Gasteiger charge is 2.09. The summed E-state index contributed by atoms with van der Waals surface area (Å²) in [6.07, 6.45) is 0.581. The topological polar surface area (TPSA) is 27.7 Å². The molecule has 0 saturated heterocycles. The van der Waals surface area contributed by atoms with Gasteiger partial charge in [-0.15, -0.1) is 0 Å². The largest absolute Gasteiger partial charge is 0.412 e. The second-order valence-electron chi connectivity index (χ2n) is 1.21. The van der Waals surface area contributed by atoms with E-state index in [1.807, 2.05) is 0 Å². The van der Waals surface area contributed by atoms with Gasteiger partial charge in [0, 0.05) is 21.3 Å². The Hall–Kier alpha value is 0.0969. The summed E-state index contributed by atoms with van der Waals surface area (Å²) in [5.41, 5.74) is 0. The smallest absolute Gasteiger partial charge is 0.395 e. The lowest BCUT2D eigenvalue weighted by Gasteiger charge is -2.05. The van der Waals surface area contributed by atoms with Crippen molar-refractivity contribution in [3.63, 3.8) is 0 Å². The van der Waals surface area contributed by atoms with Crippen molar-refractivity contribution < 1.29 is 13.6 Å². The van der Waals surface area contributed by atoms with E-state index in [2.05, 4.69) is 0 Å². The standard InChI is InChI=1S/C4H11O3Si/c1-5-4-8(6-2)7-3/h4H2,1-3H3. The molecule has 0 aromatic rings. The average molecular weight is 135 g/mol. The molecule has 0 spiro atoms. The molecule has 0 aromatic carbocycles. The van der Waals surface area contributed by atoms with Crippen LogP contribution in [0.3, 0.4) is 0 Å². The first-order valence-electron chi connectivity index (χ1n) is 2.28. The van der Waals surface area contributed by atoms with Crippen LogP contribution in [0.2, 0.25) is 0 Å². The fourth-order valence-corrected chi connectivity index (χ4v) is 0.957. The van der Waals surface area contributed by atoms with Crippen LogP contribution in [0, 0.1) is 0 Å². The van der Waals surface area contributed by atoms with Gasteiger partial charge in [-0.1, -0.05) is 0 Å². The van der Waals surface area contributed by atoms with Crippen LogP contribution >= 0.6 is 0 Å². The third kappa shape index (κ3) is 3.14. The molecule has 0 atom stereocenters. The molecule has 0 fully saturated rings. The molecule has 49 valence electrons. The first kappa shape index (κ1) is 8.10. The Kier molecular flexibility index (Phi) is 5.30. The average Bonchev–Trinajstić information content (AvgIpc) is 1.83. The molecule has 0 unspecified atom stereocenters. The maximum atomic E-state index is 4.89. The van der Waals surface area contributed by atoms with Crippen LogP contribution < -0.4 is 0 Å². The van der Waals surface area contributed by atoms with Crippen molar-refractivity contribution in [1.29, 1.82) is 0 Å². The van der Waals surface area contributed by atoms with Crippen molar-refractivity contribution in [3.8, 4) is 0 Å². The molecule has 0 amide bonds. The molecule has 1 radical (unpaired) electrons. The van der Waals surface area contributed by atoms with Crippen LogP contribution in [0.15, 0.2) is 0 Å². The van der Waals surface area contributed by atoms with Crippen LogP contribution in [-0.2, 0) is 13.6 Å². The first-order chi connectivity index (χ1) is 3.85. The van der Waals surface area contributed by atoms with E-state index in [0.717, 1.165) is 0 Å². The normalized spacial score (nSPS) is 10.5. The van der Waals surface area contributed by atoms with E-state index in [1.165, 1.54) is 0 Å². The van der Waals surface area contributed by atoms with E-state index >= 15 is 0 Å². The van der Waals surface area contributed by atoms with Gasteiger partial charge in [0.15, 0.2) is 0 Å². The highest BCUT2D eigenvalue weighted by molar-refractivity contribution is 6.44. The fourth-order valence-electron chi connectivity index (χ4n) is 0.319. The van der Waals surface area contributed by atoms with Crippen LogP contribution in [-0.4, -0.2) is 36.8 Å². The van der Waals surface area contributed by atoms with Gasteiger partial charge in [0.05, 0.1) is 6.23 Å². The summed E-state index contributed by atoms with van der Waals surface area (Å²) in [7, 11) is 3.77. The second kappa shape index (κ2) is 5.24. The third-order valence-corrected chi connectivity index (χ3v) is 2.15. The lowest BCUT2D eigenvalue weighted by Crippen LogP contribution is -2.25. The quantitative estimate of drug-likeness (QED) is 0.506. The molecule has 0 saturated carbocycles. The maximum absolute atomic E-state index is 4.89. The zero-order valence-corrected chi connectivity index (χ0v) is 6.43. The molecule has 0 rings (SSSR count). The number of hydrogen-bond acceptors (Lipinski definition) is 3. The van der Waals surface area contributed by atoms with E-state index in [1.54, 1.807) is 21.3 Å². The van der Waals surface area contributed by atoms with E-state index in [-0.39, 0.29) is 0 Å². The van der Waals surface area contributed by atoms with Crippen molar-refractivity contribution in [2.24, 2.45) is 0 Å². The second-order valence-corrected chi connectivity index (χ2v) is 3.06. The van der Waals surface area contributed by atoms with E-state index < -0.39 is 9.28 Å². The molecule has 4 heteroatoms. The summed E-state index contributed by atoms with van der Waals surface area (Å²) < 4.78 is 14.6. The molecular weight excluding hydrogens is 124 g/mol. The van der Waals surface area contributed by atoms with E-state index in [0.29, 0.717) is 6.23 Å². The van der Waals surface area contributed by atoms with Crippen molar-refractivity contribution in [2.75, 3.05) is 27.6 Å². The fraction of sp³-hybridized carbons (Fsp3) is 1.00. The summed E-state index contributed by atoms with van der Waals surface area (Å²) in [5, 5.41) is 0. The van der Waals surface area contributed by atoms with Gasteiger partial charge in [-0.2, -0.15) is 0 Å². The Bertz CT molecular complexity index is 46.5. The molecule has 0 bridgehead atoms. The highest BCUT2D eigenvalue weighted by atomic mass is 28.3. The van der Waals surface area contributed by atoms with E-state index in [4.69, 9.17) is 13.6 Å². The summed E-state index contributed by atoms with van der Waals surface area (Å²) in [6.45, 7) is 0. The molecule has 0 aliphatic rings. The number of hydrogen-bond donors (Lipinski definition) is 0. The highest BCUT2D eigenvalue weighted by Crippen LogP contribution is 1.82. The number of ether oxygens (including phenoxy) is 1. The summed E-state index contributed by atoms with van der Waals surface area (Å²) in [4.78, 5) is 0. The molecule has 8 heavy (non-hydrogen) atoms. The van der Waals surface area contributed by atoms with Crippen LogP contribution in [0.5, 0.6) is 0 Å². The molecule has 0 N–H and O–H groups in total. The van der Waals surface area contributed by atoms with Gasteiger partial charge in [-0.05, 0) is 0 Å². The van der Waals surface area contributed by atoms with Gasteiger partial charge in [0.1, 0.15) is 0 Å². The molecule has 0 aliphatic heterocycles. The Labute approximate surface area is 51.4 Å². The Morgan fingerprint density at radius 3 is 1.75 bits per heavy atom. The molecular formula is C4H11O3Si. The molecule has 0 aliphatic carbocycles. The van der Waals surface area contributed by atoms with Crippen molar-refractivity contribution in [1.82, 2.24) is 0 Å². The van der Waals surface area contributed by atoms with Gasteiger partial charge < -0.3 is 13.6 Å². The van der Waals surface area contributed by atoms with Crippen LogP contribution in [0.25, 0.3) is 0 Å². The summed E-state index contributed by atoms with van der Waals surface area (Å²) >= 11 is 0. The zero-order valence-electron chi connectivity index (χ0n) is 5.43. The molecule has 0 heterocycles. The minimum atomic E-state index is -1.10. The van der Waals surface area contributed by atoms with Crippen LogP contribution in [0.4, 0.5) is 0 Å². The number of methoxy groups -OCH3 is 1. The monoisotopic (exact) mass is 135 g/mol. The lowest BCUT2D eigenvalue weighted by molar-refractivity contribution is 0.186. The van der Waals surface area contributed by atoms with Gasteiger partial charge in [0.25, 0.3) is 0 Å². The predicted molar refractivity (Wildman–Crippen MR) is 31.6 cm³/mol. The maximum Gasteiger partial charge on any atom is 0.412 e. The SMILES string of the molecule is COC[Si](OC)OC. The van der Waals surface area contributed by atoms with Gasteiger partial charge >= 0.3 is 9.28 Å². The van der Waals surface area contributed by atoms with Crippen molar-refractivity contribution in [2.45, 2.75) is 0 Å². The minimum Gasteiger partial charge on any atom is -0.395 e. The lowest BCUT2D eigenvalue weighted by atomic mass is 11.5. The summed E-state index contributed by atoms with van der Waals surface area (Å²) in [6, 6.07) is 0. The zero-order chi connectivity index (χ0) is 6.41. The Balaban J connectivity index is 3.07. The molecule has 0 aromatic heterocycles. The van der Waals surface area contributed by atoms with Gasteiger partial charge in [-0.3, -0.25) is 0 Å². The van der Waals surface area contributed by atoms with Crippen molar-refractivity contribution in [3.05, 3.63) is 0 Å². The molecule has 3 nitrogen and oxygen atoms in total. The first-order valence-corrected chi connectivity index (χ1v) is 3.80. The summed E-state index contributed by atoms with van der Waals surface area (Å²) in [5.74, 6) is 0. The van der Waals surface area contributed by atoms with Crippen molar-refractivity contribution >= 4 is 9.28 Å². The minimum absolute atomic E-state index is 0.581. The van der Waals surface area contributed by atoms with Gasteiger partial charge in [-0.25, -0.2) is 0 Å². The predicted octanol–water partition coefficient (Wildman–Crippen LogP) is -0.0470. The third-order valence-electron chi connectivity index (χ3n) is 0.718. The van der Waals surface area contributed by atoms with Gasteiger partial charge in [0.2, 0.25) is 0 Å². The Morgan fingerprint density at radius 1 is 1.12 bits per heavy atom. The number of rotatable bonds is 4. The van der Waals surface area contributed by atoms with Crippen LogP contribution in [0.1, 0.15) is 0 Å². The Morgan fingerprint density at radius 2 is 1.62 bits per heavy atom. The van der Waals surface area contributed by atoms with E-state index in [9.17, 15) is 0 Å².